The first-order valence-electron chi connectivity index (χ1n) is 14.1. The zero-order valence-corrected chi connectivity index (χ0v) is 25.1. The second-order valence-electron chi connectivity index (χ2n) is 9.93. The minimum absolute atomic E-state index is 0.0235. The van der Waals surface area contributed by atoms with Crippen LogP contribution in [0.5, 0.6) is 0 Å². The van der Waals surface area contributed by atoms with E-state index in [9.17, 15) is 24.3 Å². The molecule has 46 heavy (non-hydrogen) atoms. The van der Waals surface area contributed by atoms with Crippen molar-refractivity contribution in [1.82, 2.24) is 10.3 Å². The van der Waals surface area contributed by atoms with Crippen molar-refractivity contribution in [3.63, 3.8) is 0 Å². The SMILES string of the molecule is O=C(Nc1cccc(SC(C(=O)Nc2ccc(C(=O)O)cc2)c2ccccc2)c1)/C(=C/c1cccnc1)NC(=O)c1ccccc1. The lowest BCUT2D eigenvalue weighted by Crippen LogP contribution is -2.30. The number of carbonyl (C=O) groups excluding carboxylic acids is 3. The monoisotopic (exact) mass is 628 g/mol. The number of hydrogen-bond acceptors (Lipinski definition) is 6. The summed E-state index contributed by atoms with van der Waals surface area (Å²) in [5, 5.41) is 16.9. The van der Waals surface area contributed by atoms with Crippen LogP contribution >= 0.6 is 11.8 Å². The normalized spacial score (nSPS) is 11.6. The highest BCUT2D eigenvalue weighted by Crippen LogP contribution is 2.37. The Bertz CT molecular complexity index is 1870. The number of pyridine rings is 1. The van der Waals surface area contributed by atoms with Gasteiger partial charge in [-0.1, -0.05) is 60.7 Å². The summed E-state index contributed by atoms with van der Waals surface area (Å²) in [6, 6.07) is 34.3. The van der Waals surface area contributed by atoms with Crippen LogP contribution in [0.3, 0.4) is 0 Å². The summed E-state index contributed by atoms with van der Waals surface area (Å²) in [5.41, 5.74) is 2.83. The molecule has 0 spiro atoms. The number of aromatic carboxylic acids is 1. The number of carboxylic acids is 1. The van der Waals surface area contributed by atoms with Gasteiger partial charge in [-0.05, 0) is 77.9 Å². The Morgan fingerprint density at radius 2 is 1.43 bits per heavy atom. The van der Waals surface area contributed by atoms with Gasteiger partial charge in [0.1, 0.15) is 10.9 Å². The van der Waals surface area contributed by atoms with Gasteiger partial charge in [0.15, 0.2) is 0 Å². The molecule has 5 aromatic rings. The maximum Gasteiger partial charge on any atom is 0.335 e. The molecule has 0 bridgehead atoms. The third-order valence-corrected chi connectivity index (χ3v) is 7.86. The van der Waals surface area contributed by atoms with Crippen molar-refractivity contribution < 1.29 is 24.3 Å². The molecular formula is C36H28N4O5S. The number of nitrogens with one attached hydrogen (secondary N) is 3. The fourth-order valence-corrected chi connectivity index (χ4v) is 5.44. The number of carbonyl (C=O) groups is 4. The number of nitrogens with zero attached hydrogens (tertiary/aromatic N) is 1. The first kappa shape index (κ1) is 31.4. The van der Waals surface area contributed by atoms with E-state index in [4.69, 9.17) is 0 Å². The number of rotatable bonds is 11. The number of hydrogen-bond donors (Lipinski definition) is 4. The first-order chi connectivity index (χ1) is 22.4. The van der Waals surface area contributed by atoms with Gasteiger partial charge in [-0.2, -0.15) is 0 Å². The fraction of sp³-hybridized carbons (Fsp3) is 0.0278. The molecule has 228 valence electrons. The third-order valence-electron chi connectivity index (χ3n) is 6.61. The Balaban J connectivity index is 1.35. The van der Waals surface area contributed by atoms with Gasteiger partial charge in [0.2, 0.25) is 5.91 Å². The number of amides is 3. The molecule has 1 atom stereocenters. The highest BCUT2D eigenvalue weighted by Gasteiger charge is 2.23. The van der Waals surface area contributed by atoms with E-state index in [-0.39, 0.29) is 17.2 Å². The van der Waals surface area contributed by atoms with E-state index in [0.717, 1.165) is 5.56 Å². The maximum atomic E-state index is 13.5. The van der Waals surface area contributed by atoms with Gasteiger partial charge >= 0.3 is 5.97 Å². The highest BCUT2D eigenvalue weighted by atomic mass is 32.2. The molecule has 0 saturated carbocycles. The van der Waals surface area contributed by atoms with Crippen LogP contribution in [0, 0.1) is 0 Å². The quantitative estimate of drug-likeness (QED) is 0.0948. The van der Waals surface area contributed by atoms with E-state index < -0.39 is 23.0 Å². The van der Waals surface area contributed by atoms with Gasteiger partial charge in [0.05, 0.1) is 5.56 Å². The molecule has 5 rings (SSSR count). The van der Waals surface area contributed by atoms with E-state index >= 15 is 0 Å². The minimum atomic E-state index is -1.05. The first-order valence-corrected chi connectivity index (χ1v) is 15.0. The van der Waals surface area contributed by atoms with Crippen molar-refractivity contribution in [2.45, 2.75) is 10.1 Å². The van der Waals surface area contributed by atoms with Gasteiger partial charge in [0.25, 0.3) is 11.8 Å². The molecule has 9 nitrogen and oxygen atoms in total. The van der Waals surface area contributed by atoms with Crippen LogP contribution in [0.1, 0.15) is 37.1 Å². The predicted octanol–water partition coefficient (Wildman–Crippen LogP) is 6.66. The van der Waals surface area contributed by atoms with Crippen LogP contribution < -0.4 is 16.0 Å². The molecule has 0 saturated heterocycles. The molecule has 3 amide bonds. The van der Waals surface area contributed by atoms with Crippen LogP contribution in [-0.4, -0.2) is 33.8 Å². The van der Waals surface area contributed by atoms with Crippen LogP contribution in [0.15, 0.2) is 144 Å². The molecule has 1 unspecified atom stereocenters. The Morgan fingerprint density at radius 1 is 0.717 bits per heavy atom. The summed E-state index contributed by atoms with van der Waals surface area (Å²) in [6.07, 6.45) is 4.73. The standard InChI is InChI=1S/C36H28N4O5S/c41-33(26-12-5-2-6-13-26)40-31(21-24-9-8-20-37-23-24)34(42)39-29-14-7-15-30(22-29)46-32(25-10-3-1-4-11-25)35(43)38-28-18-16-27(17-19-28)36(44)45/h1-23,32H,(H,38,43)(H,39,42)(H,40,41)(H,44,45)/b31-21-. The number of carboxylic acid groups (broad SMARTS) is 1. The van der Waals surface area contributed by atoms with Crippen molar-refractivity contribution in [1.29, 1.82) is 0 Å². The lowest BCUT2D eigenvalue weighted by Gasteiger charge is -2.18. The van der Waals surface area contributed by atoms with Crippen molar-refractivity contribution in [3.8, 4) is 0 Å². The maximum absolute atomic E-state index is 13.5. The molecular weight excluding hydrogens is 600 g/mol. The summed E-state index contributed by atoms with van der Waals surface area (Å²) in [6.45, 7) is 0. The summed E-state index contributed by atoms with van der Waals surface area (Å²) in [5.74, 6) is -2.35. The van der Waals surface area contributed by atoms with Gasteiger partial charge in [-0.3, -0.25) is 19.4 Å². The topological polar surface area (TPSA) is 137 Å². The molecule has 10 heteroatoms. The average Bonchev–Trinajstić information content (AvgIpc) is 3.08. The van der Waals surface area contributed by atoms with Gasteiger partial charge in [-0.25, -0.2) is 4.79 Å². The van der Waals surface area contributed by atoms with Crippen molar-refractivity contribution in [3.05, 3.63) is 162 Å². The Hall–Kier alpha value is -6.00. The Labute approximate surface area is 269 Å². The molecule has 0 aliphatic rings. The van der Waals surface area contributed by atoms with Crippen LogP contribution in [0.25, 0.3) is 6.08 Å². The molecule has 0 aliphatic heterocycles. The molecule has 0 aliphatic carbocycles. The minimum Gasteiger partial charge on any atom is -0.478 e. The lowest BCUT2D eigenvalue weighted by molar-refractivity contribution is -0.116. The second kappa shape index (κ2) is 15.1. The molecule has 1 heterocycles. The van der Waals surface area contributed by atoms with Crippen molar-refractivity contribution in [2.24, 2.45) is 0 Å². The van der Waals surface area contributed by atoms with Crippen LogP contribution in [-0.2, 0) is 9.59 Å². The van der Waals surface area contributed by atoms with E-state index in [1.165, 1.54) is 36.0 Å². The molecule has 4 N–H and O–H groups in total. The number of benzene rings is 4. The smallest absolute Gasteiger partial charge is 0.335 e. The van der Waals surface area contributed by atoms with Crippen molar-refractivity contribution in [2.75, 3.05) is 10.6 Å². The second-order valence-corrected chi connectivity index (χ2v) is 11.1. The Kier molecular flexibility index (Phi) is 10.3. The van der Waals surface area contributed by atoms with E-state index in [1.807, 2.05) is 36.4 Å². The van der Waals surface area contributed by atoms with Gasteiger partial charge < -0.3 is 21.1 Å². The summed E-state index contributed by atoms with van der Waals surface area (Å²) in [4.78, 5) is 55.9. The number of thioether (sulfide) groups is 1. The zero-order valence-electron chi connectivity index (χ0n) is 24.3. The Morgan fingerprint density at radius 3 is 2.11 bits per heavy atom. The summed E-state index contributed by atoms with van der Waals surface area (Å²) in [7, 11) is 0. The summed E-state index contributed by atoms with van der Waals surface area (Å²) < 4.78 is 0. The molecule has 0 radical (unpaired) electrons. The lowest BCUT2D eigenvalue weighted by atomic mass is 10.1. The van der Waals surface area contributed by atoms with E-state index in [2.05, 4.69) is 20.9 Å². The molecule has 0 fully saturated rings. The van der Waals surface area contributed by atoms with Crippen LogP contribution in [0.4, 0.5) is 11.4 Å². The fourth-order valence-electron chi connectivity index (χ4n) is 4.36. The summed E-state index contributed by atoms with van der Waals surface area (Å²) >= 11 is 1.29. The zero-order chi connectivity index (χ0) is 32.3. The highest BCUT2D eigenvalue weighted by molar-refractivity contribution is 8.00. The van der Waals surface area contributed by atoms with Gasteiger partial charge in [0, 0.05) is 34.2 Å². The van der Waals surface area contributed by atoms with Crippen molar-refractivity contribution >= 4 is 52.9 Å². The van der Waals surface area contributed by atoms with Gasteiger partial charge in [-0.15, -0.1) is 11.8 Å². The van der Waals surface area contributed by atoms with E-state index in [0.29, 0.717) is 27.4 Å². The average molecular weight is 629 g/mol. The number of aromatic nitrogens is 1. The molecule has 4 aromatic carbocycles. The third kappa shape index (κ3) is 8.55. The molecule has 1 aromatic heterocycles. The number of anilines is 2. The largest absolute Gasteiger partial charge is 0.478 e. The van der Waals surface area contributed by atoms with E-state index in [1.54, 1.807) is 79.1 Å². The predicted molar refractivity (Wildman–Crippen MR) is 178 cm³/mol. The van der Waals surface area contributed by atoms with Crippen LogP contribution in [0.2, 0.25) is 0 Å².